The summed E-state index contributed by atoms with van der Waals surface area (Å²) in [5, 5.41) is 0. The van der Waals surface area contributed by atoms with E-state index in [1.807, 2.05) is 43.4 Å². The molecule has 1 saturated carbocycles. The van der Waals surface area contributed by atoms with Crippen LogP contribution in [0.25, 0.3) is 0 Å². The third-order valence-corrected chi connectivity index (χ3v) is 4.98. The van der Waals surface area contributed by atoms with Crippen LogP contribution in [0, 0.1) is 12.8 Å². The van der Waals surface area contributed by atoms with E-state index in [1.165, 1.54) is 5.69 Å². The minimum atomic E-state index is 0.156. The van der Waals surface area contributed by atoms with E-state index in [2.05, 4.69) is 14.5 Å². The standard InChI is InChI=1S/C19H24N4O2/c1-13-4-3-5-16(21-13)11-25-10-15-8-23(19(24)14-6-7-14)9-17-18(15)22(2)12-20-17/h3-5,12,14-15H,6-11H2,1-2H3/t15-/m0/s1. The number of nitrogens with zero attached hydrogens (tertiary/aromatic N) is 4. The van der Waals surface area contributed by atoms with Gasteiger partial charge in [-0.3, -0.25) is 9.78 Å². The molecule has 2 aromatic rings. The molecular formula is C19H24N4O2. The lowest BCUT2D eigenvalue weighted by molar-refractivity contribution is -0.134. The quantitative estimate of drug-likeness (QED) is 0.837. The van der Waals surface area contributed by atoms with Gasteiger partial charge in [-0.1, -0.05) is 6.07 Å². The van der Waals surface area contributed by atoms with Crippen molar-refractivity contribution in [3.8, 4) is 0 Å². The Hall–Kier alpha value is -2.21. The fourth-order valence-electron chi connectivity index (χ4n) is 3.61. The molecule has 1 amide bonds. The van der Waals surface area contributed by atoms with Crippen molar-refractivity contribution in [3.63, 3.8) is 0 Å². The topological polar surface area (TPSA) is 60.2 Å². The third-order valence-electron chi connectivity index (χ3n) is 4.98. The van der Waals surface area contributed by atoms with Gasteiger partial charge in [0, 0.05) is 36.8 Å². The van der Waals surface area contributed by atoms with Crippen LogP contribution in [-0.2, 0) is 29.7 Å². The largest absolute Gasteiger partial charge is 0.374 e. The highest BCUT2D eigenvalue weighted by molar-refractivity contribution is 5.81. The van der Waals surface area contributed by atoms with Gasteiger partial charge in [-0.05, 0) is 31.9 Å². The maximum atomic E-state index is 12.5. The number of hydrogen-bond donors (Lipinski definition) is 0. The maximum absolute atomic E-state index is 12.5. The molecule has 0 bridgehead atoms. The molecule has 1 atom stereocenters. The summed E-state index contributed by atoms with van der Waals surface area (Å²) in [5.41, 5.74) is 4.13. The van der Waals surface area contributed by atoms with Gasteiger partial charge >= 0.3 is 0 Å². The van der Waals surface area contributed by atoms with Crippen molar-refractivity contribution in [1.82, 2.24) is 19.4 Å². The lowest BCUT2D eigenvalue weighted by atomic mass is 9.98. The van der Waals surface area contributed by atoms with Crippen LogP contribution in [0.3, 0.4) is 0 Å². The van der Waals surface area contributed by atoms with Crippen LogP contribution in [0.4, 0.5) is 0 Å². The summed E-state index contributed by atoms with van der Waals surface area (Å²) >= 11 is 0. The number of pyridine rings is 1. The van der Waals surface area contributed by atoms with Crippen molar-refractivity contribution in [1.29, 1.82) is 0 Å². The van der Waals surface area contributed by atoms with Gasteiger partial charge in [-0.2, -0.15) is 0 Å². The van der Waals surface area contributed by atoms with Crippen molar-refractivity contribution in [2.24, 2.45) is 13.0 Å². The fraction of sp³-hybridized carbons (Fsp3) is 0.526. The van der Waals surface area contributed by atoms with Crippen molar-refractivity contribution >= 4 is 5.91 Å². The van der Waals surface area contributed by atoms with E-state index in [-0.39, 0.29) is 17.7 Å². The van der Waals surface area contributed by atoms with E-state index in [9.17, 15) is 4.79 Å². The third kappa shape index (κ3) is 3.44. The van der Waals surface area contributed by atoms with Gasteiger partial charge in [0.15, 0.2) is 0 Å². The second-order valence-corrected chi connectivity index (χ2v) is 7.16. The Morgan fingerprint density at radius 1 is 1.36 bits per heavy atom. The van der Waals surface area contributed by atoms with E-state index in [0.717, 1.165) is 29.9 Å². The zero-order valence-electron chi connectivity index (χ0n) is 14.8. The molecular weight excluding hydrogens is 316 g/mol. The Morgan fingerprint density at radius 2 is 2.20 bits per heavy atom. The lowest BCUT2D eigenvalue weighted by Crippen LogP contribution is -2.41. The minimum absolute atomic E-state index is 0.156. The zero-order chi connectivity index (χ0) is 17.4. The number of ether oxygens (including phenoxy) is 1. The number of aryl methyl sites for hydroxylation is 2. The first-order valence-electron chi connectivity index (χ1n) is 8.91. The molecule has 6 nitrogen and oxygen atoms in total. The summed E-state index contributed by atoms with van der Waals surface area (Å²) < 4.78 is 8.02. The van der Waals surface area contributed by atoms with Gasteiger partial charge in [-0.25, -0.2) is 4.98 Å². The Morgan fingerprint density at radius 3 is 2.96 bits per heavy atom. The van der Waals surface area contributed by atoms with Crippen molar-refractivity contribution in [2.45, 2.75) is 38.8 Å². The zero-order valence-corrected chi connectivity index (χ0v) is 14.8. The lowest BCUT2D eigenvalue weighted by Gasteiger charge is -2.33. The van der Waals surface area contributed by atoms with Gasteiger partial charge in [-0.15, -0.1) is 0 Å². The highest BCUT2D eigenvalue weighted by Gasteiger charge is 2.38. The molecule has 4 rings (SSSR count). The van der Waals surface area contributed by atoms with Crippen LogP contribution >= 0.6 is 0 Å². The normalized spacial score (nSPS) is 19.8. The van der Waals surface area contributed by atoms with E-state index < -0.39 is 0 Å². The van der Waals surface area contributed by atoms with Crippen LogP contribution in [0.2, 0.25) is 0 Å². The Kier molecular flexibility index (Phi) is 4.29. The van der Waals surface area contributed by atoms with E-state index in [1.54, 1.807) is 0 Å². The summed E-state index contributed by atoms with van der Waals surface area (Å²) in [5.74, 6) is 0.675. The first-order valence-corrected chi connectivity index (χ1v) is 8.91. The highest BCUT2D eigenvalue weighted by Crippen LogP contribution is 2.35. The number of carbonyl (C=O) groups excluding carboxylic acids is 1. The van der Waals surface area contributed by atoms with Crippen LogP contribution < -0.4 is 0 Å². The van der Waals surface area contributed by atoms with Gasteiger partial charge < -0.3 is 14.2 Å². The molecule has 0 saturated heterocycles. The minimum Gasteiger partial charge on any atom is -0.374 e. The number of imidazole rings is 1. The van der Waals surface area contributed by atoms with Crippen molar-refractivity contribution in [2.75, 3.05) is 13.2 Å². The van der Waals surface area contributed by atoms with Crippen LogP contribution in [0.1, 0.15) is 41.5 Å². The SMILES string of the molecule is Cc1cccc(COC[C@@H]2CN(C(=O)C3CC3)Cc3ncn(C)c32)n1. The van der Waals surface area contributed by atoms with Gasteiger partial charge in [0.1, 0.15) is 0 Å². The molecule has 132 valence electrons. The van der Waals surface area contributed by atoms with Gasteiger partial charge in [0.25, 0.3) is 0 Å². The molecule has 25 heavy (non-hydrogen) atoms. The maximum Gasteiger partial charge on any atom is 0.226 e. The Balaban J connectivity index is 1.45. The molecule has 3 heterocycles. The second kappa shape index (κ2) is 6.59. The van der Waals surface area contributed by atoms with Gasteiger partial charge in [0.05, 0.1) is 37.5 Å². The molecule has 1 aliphatic heterocycles. The molecule has 1 fully saturated rings. The molecule has 2 aliphatic rings. The number of amides is 1. The van der Waals surface area contributed by atoms with Crippen LogP contribution in [-0.4, -0.2) is 38.5 Å². The molecule has 0 N–H and O–H groups in total. The summed E-state index contributed by atoms with van der Waals surface area (Å²) in [6.45, 7) is 4.37. The number of rotatable bonds is 5. The molecule has 0 spiro atoms. The summed E-state index contributed by atoms with van der Waals surface area (Å²) in [6.07, 6.45) is 3.90. The molecule has 0 aromatic carbocycles. The predicted molar refractivity (Wildman–Crippen MR) is 92.7 cm³/mol. The number of aromatic nitrogens is 3. The van der Waals surface area contributed by atoms with Crippen molar-refractivity contribution in [3.05, 3.63) is 47.3 Å². The average Bonchev–Trinajstić information content (AvgIpc) is 3.38. The first-order chi connectivity index (χ1) is 12.1. The highest BCUT2D eigenvalue weighted by atomic mass is 16.5. The average molecular weight is 340 g/mol. The summed E-state index contributed by atoms with van der Waals surface area (Å²) in [7, 11) is 2.01. The van der Waals surface area contributed by atoms with E-state index >= 15 is 0 Å². The second-order valence-electron chi connectivity index (χ2n) is 7.16. The number of carbonyl (C=O) groups is 1. The number of hydrogen-bond acceptors (Lipinski definition) is 4. The smallest absolute Gasteiger partial charge is 0.226 e. The monoisotopic (exact) mass is 340 g/mol. The van der Waals surface area contributed by atoms with E-state index in [4.69, 9.17) is 4.74 Å². The Bertz CT molecular complexity index is 781. The Labute approximate surface area is 147 Å². The van der Waals surface area contributed by atoms with Crippen LogP contribution in [0.5, 0.6) is 0 Å². The van der Waals surface area contributed by atoms with E-state index in [0.29, 0.717) is 26.3 Å². The molecule has 0 unspecified atom stereocenters. The fourth-order valence-corrected chi connectivity index (χ4v) is 3.61. The first kappa shape index (κ1) is 16.3. The molecule has 1 aliphatic carbocycles. The van der Waals surface area contributed by atoms with Crippen LogP contribution in [0.15, 0.2) is 24.5 Å². The predicted octanol–water partition coefficient (Wildman–Crippen LogP) is 2.18. The molecule has 6 heteroatoms. The van der Waals surface area contributed by atoms with Crippen molar-refractivity contribution < 1.29 is 9.53 Å². The summed E-state index contributed by atoms with van der Waals surface area (Å²) in [4.78, 5) is 23.4. The van der Waals surface area contributed by atoms with Gasteiger partial charge in [0.2, 0.25) is 5.91 Å². The summed E-state index contributed by atoms with van der Waals surface area (Å²) in [6, 6.07) is 5.96. The number of fused-ring (bicyclic) bond motifs is 1. The molecule has 2 aromatic heterocycles. The molecule has 0 radical (unpaired) electrons.